The number of hydrogen-bond donors (Lipinski definition) is 1. The zero-order valence-corrected chi connectivity index (χ0v) is 13.7. The molecule has 1 aliphatic heterocycles. The third kappa shape index (κ3) is 3.67. The van der Waals surface area contributed by atoms with E-state index in [2.05, 4.69) is 48.3 Å². The SMILES string of the molecule is Cc1cccc(CN2CC3(CCCCC3)NCCC2C)c1. The molecule has 1 aromatic rings. The van der Waals surface area contributed by atoms with Crippen molar-refractivity contribution in [2.24, 2.45) is 0 Å². The molecule has 1 spiro atoms. The summed E-state index contributed by atoms with van der Waals surface area (Å²) < 4.78 is 0. The van der Waals surface area contributed by atoms with Gasteiger partial charge in [-0.15, -0.1) is 0 Å². The minimum atomic E-state index is 0.396. The van der Waals surface area contributed by atoms with Gasteiger partial charge < -0.3 is 5.32 Å². The first-order chi connectivity index (χ1) is 10.2. The van der Waals surface area contributed by atoms with E-state index in [9.17, 15) is 0 Å². The summed E-state index contributed by atoms with van der Waals surface area (Å²) in [6, 6.07) is 9.70. The van der Waals surface area contributed by atoms with Gasteiger partial charge in [-0.05, 0) is 45.2 Å². The third-order valence-corrected chi connectivity index (χ3v) is 5.47. The summed E-state index contributed by atoms with van der Waals surface area (Å²) in [6.07, 6.45) is 8.23. The summed E-state index contributed by atoms with van der Waals surface area (Å²) in [4.78, 5) is 2.72. The van der Waals surface area contributed by atoms with E-state index in [-0.39, 0.29) is 0 Å². The Kier molecular flexibility index (Phi) is 4.66. The van der Waals surface area contributed by atoms with Crippen LogP contribution in [0.2, 0.25) is 0 Å². The van der Waals surface area contributed by atoms with Gasteiger partial charge in [-0.25, -0.2) is 0 Å². The van der Waals surface area contributed by atoms with Gasteiger partial charge in [0.25, 0.3) is 0 Å². The number of nitrogens with zero attached hydrogens (tertiary/aromatic N) is 1. The number of benzene rings is 1. The first-order valence-electron chi connectivity index (χ1n) is 8.72. The lowest BCUT2D eigenvalue weighted by atomic mass is 9.81. The Morgan fingerprint density at radius 2 is 2.05 bits per heavy atom. The fraction of sp³-hybridized carbons (Fsp3) is 0.684. The van der Waals surface area contributed by atoms with Crippen LogP contribution in [0.15, 0.2) is 24.3 Å². The lowest BCUT2D eigenvalue weighted by molar-refractivity contribution is 0.131. The zero-order chi connectivity index (χ0) is 14.7. The van der Waals surface area contributed by atoms with Crippen LogP contribution < -0.4 is 5.32 Å². The van der Waals surface area contributed by atoms with E-state index in [0.717, 1.165) is 6.54 Å². The highest BCUT2D eigenvalue weighted by Gasteiger charge is 2.36. The molecule has 2 heteroatoms. The average molecular weight is 286 g/mol. The van der Waals surface area contributed by atoms with Gasteiger partial charge in [0, 0.05) is 24.7 Å². The van der Waals surface area contributed by atoms with E-state index in [1.54, 1.807) is 0 Å². The largest absolute Gasteiger partial charge is 0.310 e. The lowest BCUT2D eigenvalue weighted by Gasteiger charge is -2.41. The average Bonchev–Trinajstić information content (AvgIpc) is 2.60. The molecule has 1 heterocycles. The van der Waals surface area contributed by atoms with Gasteiger partial charge in [0.05, 0.1) is 0 Å². The van der Waals surface area contributed by atoms with Gasteiger partial charge in [0.15, 0.2) is 0 Å². The molecule has 0 aromatic heterocycles. The maximum absolute atomic E-state index is 3.91. The van der Waals surface area contributed by atoms with Crippen LogP contribution in [0.25, 0.3) is 0 Å². The first kappa shape index (κ1) is 15.1. The summed E-state index contributed by atoms with van der Waals surface area (Å²) >= 11 is 0. The minimum Gasteiger partial charge on any atom is -0.310 e. The molecule has 21 heavy (non-hydrogen) atoms. The molecule has 3 rings (SSSR count). The summed E-state index contributed by atoms with van der Waals surface area (Å²) in [6.45, 7) is 8.11. The molecule has 1 unspecified atom stereocenters. The van der Waals surface area contributed by atoms with Crippen molar-refractivity contribution in [2.75, 3.05) is 13.1 Å². The Morgan fingerprint density at radius 1 is 1.24 bits per heavy atom. The quantitative estimate of drug-likeness (QED) is 0.887. The molecule has 1 atom stereocenters. The predicted molar refractivity (Wildman–Crippen MR) is 89.5 cm³/mol. The Balaban J connectivity index is 1.74. The van der Waals surface area contributed by atoms with E-state index >= 15 is 0 Å². The number of nitrogens with one attached hydrogen (secondary N) is 1. The molecule has 1 aliphatic carbocycles. The van der Waals surface area contributed by atoms with Crippen molar-refractivity contribution in [1.82, 2.24) is 10.2 Å². The molecule has 1 aromatic carbocycles. The van der Waals surface area contributed by atoms with Gasteiger partial charge in [-0.3, -0.25) is 4.90 Å². The van der Waals surface area contributed by atoms with Crippen molar-refractivity contribution in [3.63, 3.8) is 0 Å². The van der Waals surface area contributed by atoms with E-state index in [1.165, 1.54) is 62.7 Å². The van der Waals surface area contributed by atoms with Crippen molar-refractivity contribution >= 4 is 0 Å². The standard InChI is InChI=1S/C19H30N2/c1-16-7-6-8-18(13-16)14-21-15-19(10-4-3-5-11-19)20-12-9-17(21)2/h6-8,13,17,20H,3-5,9-12,14-15H2,1-2H3. The van der Waals surface area contributed by atoms with Crippen molar-refractivity contribution in [1.29, 1.82) is 0 Å². The Bertz CT molecular complexity index is 462. The lowest BCUT2D eigenvalue weighted by Crippen LogP contribution is -2.53. The van der Waals surface area contributed by atoms with Crippen LogP contribution in [0.1, 0.15) is 56.6 Å². The zero-order valence-electron chi connectivity index (χ0n) is 13.7. The minimum absolute atomic E-state index is 0.396. The van der Waals surface area contributed by atoms with Crippen molar-refractivity contribution in [3.05, 3.63) is 35.4 Å². The van der Waals surface area contributed by atoms with E-state index in [4.69, 9.17) is 0 Å². The molecular formula is C19H30N2. The fourth-order valence-corrected chi connectivity index (χ4v) is 4.15. The second-order valence-electron chi connectivity index (χ2n) is 7.30. The normalized spacial score (nSPS) is 26.7. The molecule has 1 saturated heterocycles. The molecule has 2 nitrogen and oxygen atoms in total. The topological polar surface area (TPSA) is 15.3 Å². The van der Waals surface area contributed by atoms with Gasteiger partial charge in [0.1, 0.15) is 0 Å². The number of aryl methyl sites for hydroxylation is 1. The van der Waals surface area contributed by atoms with Gasteiger partial charge in [0.2, 0.25) is 0 Å². The number of rotatable bonds is 2. The second-order valence-corrected chi connectivity index (χ2v) is 7.30. The molecule has 116 valence electrons. The fourth-order valence-electron chi connectivity index (χ4n) is 4.15. The maximum Gasteiger partial charge on any atom is 0.0309 e. The second kappa shape index (κ2) is 6.50. The summed E-state index contributed by atoms with van der Waals surface area (Å²) in [7, 11) is 0. The van der Waals surface area contributed by atoms with Crippen LogP contribution in [-0.2, 0) is 6.54 Å². The highest BCUT2D eigenvalue weighted by Crippen LogP contribution is 2.32. The van der Waals surface area contributed by atoms with E-state index in [1.807, 2.05) is 0 Å². The van der Waals surface area contributed by atoms with E-state index < -0.39 is 0 Å². The van der Waals surface area contributed by atoms with Crippen LogP contribution in [0.3, 0.4) is 0 Å². The van der Waals surface area contributed by atoms with E-state index in [0.29, 0.717) is 11.6 Å². The van der Waals surface area contributed by atoms with Crippen LogP contribution in [0.4, 0.5) is 0 Å². The Morgan fingerprint density at radius 3 is 2.81 bits per heavy atom. The number of hydrogen-bond acceptors (Lipinski definition) is 2. The molecule has 0 bridgehead atoms. The highest BCUT2D eigenvalue weighted by atomic mass is 15.2. The van der Waals surface area contributed by atoms with Crippen LogP contribution in [0, 0.1) is 6.92 Å². The molecule has 2 aliphatic rings. The van der Waals surface area contributed by atoms with Gasteiger partial charge in [-0.1, -0.05) is 49.1 Å². The van der Waals surface area contributed by atoms with Gasteiger partial charge in [-0.2, -0.15) is 0 Å². The van der Waals surface area contributed by atoms with Crippen LogP contribution in [-0.4, -0.2) is 29.6 Å². The summed E-state index contributed by atoms with van der Waals surface area (Å²) in [5.74, 6) is 0. The molecule has 0 radical (unpaired) electrons. The monoisotopic (exact) mass is 286 g/mol. The molecule has 1 N–H and O–H groups in total. The van der Waals surface area contributed by atoms with Crippen molar-refractivity contribution in [2.45, 2.75) is 70.5 Å². The highest BCUT2D eigenvalue weighted by molar-refractivity contribution is 5.22. The van der Waals surface area contributed by atoms with Crippen LogP contribution >= 0.6 is 0 Å². The molecule has 0 amide bonds. The summed E-state index contributed by atoms with van der Waals surface area (Å²) in [5, 5.41) is 3.91. The predicted octanol–water partition coefficient (Wildman–Crippen LogP) is 3.88. The Hall–Kier alpha value is -0.860. The van der Waals surface area contributed by atoms with Crippen molar-refractivity contribution < 1.29 is 0 Å². The van der Waals surface area contributed by atoms with Crippen molar-refractivity contribution in [3.8, 4) is 0 Å². The molecular weight excluding hydrogens is 256 g/mol. The first-order valence-corrected chi connectivity index (χ1v) is 8.72. The summed E-state index contributed by atoms with van der Waals surface area (Å²) in [5.41, 5.74) is 3.24. The maximum atomic E-state index is 3.91. The third-order valence-electron chi connectivity index (χ3n) is 5.47. The van der Waals surface area contributed by atoms with Gasteiger partial charge >= 0.3 is 0 Å². The molecule has 2 fully saturated rings. The molecule has 1 saturated carbocycles. The smallest absolute Gasteiger partial charge is 0.0309 e. The van der Waals surface area contributed by atoms with Crippen LogP contribution in [0.5, 0.6) is 0 Å². The Labute approximate surface area is 129 Å².